The largest absolute Gasteiger partial charge is 0.361 e. The molecule has 0 N–H and O–H groups in total. The van der Waals surface area contributed by atoms with Crippen molar-refractivity contribution in [1.82, 2.24) is 4.90 Å². The number of nitrogens with zero attached hydrogens (tertiary/aromatic N) is 2. The first-order chi connectivity index (χ1) is 13.1. The minimum absolute atomic E-state index is 0.297. The molecule has 0 amide bonds. The Bertz CT molecular complexity index is 774. The summed E-state index contributed by atoms with van der Waals surface area (Å²) in [5.41, 5.74) is 3.65. The molecule has 5 heteroatoms. The van der Waals surface area contributed by atoms with Crippen molar-refractivity contribution < 1.29 is 0 Å². The second-order valence-corrected chi connectivity index (χ2v) is 9.62. The van der Waals surface area contributed by atoms with Crippen molar-refractivity contribution in [2.75, 3.05) is 36.0 Å². The summed E-state index contributed by atoms with van der Waals surface area (Å²) in [6.07, 6.45) is 2.62. The van der Waals surface area contributed by atoms with Gasteiger partial charge in [0.2, 0.25) is 0 Å². The van der Waals surface area contributed by atoms with Gasteiger partial charge in [0.15, 0.2) is 0 Å². The fraction of sp³-hybridized carbons (Fsp3) is 0.455. The lowest BCUT2D eigenvalue weighted by molar-refractivity contribution is 0.151. The third kappa shape index (κ3) is 4.42. The number of benzene rings is 2. The number of thioether (sulfide) groups is 1. The van der Waals surface area contributed by atoms with Crippen LogP contribution in [0.5, 0.6) is 0 Å². The molecule has 2 aliphatic rings. The molecule has 144 valence electrons. The topological polar surface area (TPSA) is 6.48 Å². The monoisotopic (exact) mass is 420 g/mol. The van der Waals surface area contributed by atoms with E-state index in [1.54, 1.807) is 0 Å². The average Bonchev–Trinajstić information content (AvgIpc) is 2.69. The summed E-state index contributed by atoms with van der Waals surface area (Å²) in [4.78, 5) is 5.19. The first-order valence-corrected chi connectivity index (χ1v) is 11.6. The fourth-order valence-electron chi connectivity index (χ4n) is 4.29. The Balaban J connectivity index is 1.64. The van der Waals surface area contributed by atoms with Gasteiger partial charge in [-0.25, -0.2) is 0 Å². The summed E-state index contributed by atoms with van der Waals surface area (Å²) < 4.78 is 0. The molecule has 2 aromatic rings. The van der Waals surface area contributed by atoms with Crippen LogP contribution in [0, 0.1) is 6.92 Å². The molecular formula is C22H26Cl2N2S. The van der Waals surface area contributed by atoms with E-state index in [9.17, 15) is 0 Å². The molecule has 27 heavy (non-hydrogen) atoms. The molecule has 0 aromatic heterocycles. The molecule has 2 saturated heterocycles. The minimum atomic E-state index is 0.297. The summed E-state index contributed by atoms with van der Waals surface area (Å²) in [6.45, 7) is 5.23. The number of hydrogen-bond donors (Lipinski definition) is 0. The van der Waals surface area contributed by atoms with Crippen LogP contribution in [0.3, 0.4) is 0 Å². The molecule has 0 spiro atoms. The third-order valence-electron chi connectivity index (χ3n) is 5.79. The SMILES string of the molecule is Cc1ccc(N2CCN(C3CCSCC3)CC2c2ccc(Cl)cc2)c(Cl)c1. The Morgan fingerprint density at radius 2 is 1.70 bits per heavy atom. The minimum Gasteiger partial charge on any atom is -0.361 e. The quantitative estimate of drug-likeness (QED) is 0.595. The van der Waals surface area contributed by atoms with Crippen LogP contribution in [-0.2, 0) is 0 Å². The molecule has 1 atom stereocenters. The predicted molar refractivity (Wildman–Crippen MR) is 120 cm³/mol. The molecule has 1 unspecified atom stereocenters. The molecule has 4 rings (SSSR count). The normalized spacial score (nSPS) is 22.2. The van der Waals surface area contributed by atoms with Crippen molar-refractivity contribution in [3.63, 3.8) is 0 Å². The number of aryl methyl sites for hydroxylation is 1. The number of hydrogen-bond acceptors (Lipinski definition) is 3. The van der Waals surface area contributed by atoms with Crippen molar-refractivity contribution >= 4 is 40.7 Å². The summed E-state index contributed by atoms with van der Waals surface area (Å²) >= 11 is 14.9. The van der Waals surface area contributed by atoms with Crippen LogP contribution < -0.4 is 4.90 Å². The molecule has 0 bridgehead atoms. The van der Waals surface area contributed by atoms with Crippen LogP contribution >= 0.6 is 35.0 Å². The zero-order valence-corrected chi connectivity index (χ0v) is 18.0. The average molecular weight is 421 g/mol. The molecule has 0 aliphatic carbocycles. The van der Waals surface area contributed by atoms with Crippen LogP contribution in [0.15, 0.2) is 42.5 Å². The van der Waals surface area contributed by atoms with Crippen molar-refractivity contribution in [3.05, 3.63) is 63.6 Å². The van der Waals surface area contributed by atoms with Gasteiger partial charge in [0.1, 0.15) is 0 Å². The highest BCUT2D eigenvalue weighted by Crippen LogP contribution is 2.37. The van der Waals surface area contributed by atoms with Crippen molar-refractivity contribution in [2.24, 2.45) is 0 Å². The van der Waals surface area contributed by atoms with E-state index in [0.717, 1.165) is 41.4 Å². The maximum atomic E-state index is 6.65. The Morgan fingerprint density at radius 1 is 0.963 bits per heavy atom. The summed E-state index contributed by atoms with van der Waals surface area (Å²) in [7, 11) is 0. The van der Waals surface area contributed by atoms with Crippen molar-refractivity contribution in [2.45, 2.75) is 31.8 Å². The number of halogens is 2. The number of rotatable bonds is 3. The van der Waals surface area contributed by atoms with E-state index in [4.69, 9.17) is 23.2 Å². The Kier molecular flexibility index (Phi) is 6.23. The third-order valence-corrected chi connectivity index (χ3v) is 7.39. The van der Waals surface area contributed by atoms with E-state index in [1.807, 2.05) is 12.1 Å². The standard InChI is InChI=1S/C22H26Cl2N2S/c1-16-2-7-21(20(24)14-16)26-11-10-25(19-8-12-27-13-9-19)15-22(26)17-3-5-18(23)6-4-17/h2-7,14,19,22H,8-13,15H2,1H3. The van der Waals surface area contributed by atoms with E-state index in [-0.39, 0.29) is 0 Å². The molecule has 2 nitrogen and oxygen atoms in total. The van der Waals surface area contributed by atoms with Gasteiger partial charge in [-0.05, 0) is 66.7 Å². The van der Waals surface area contributed by atoms with Gasteiger partial charge in [0.25, 0.3) is 0 Å². The van der Waals surface area contributed by atoms with Gasteiger partial charge in [0.05, 0.1) is 16.8 Å². The maximum absolute atomic E-state index is 6.65. The second kappa shape index (κ2) is 8.65. The number of anilines is 1. The molecule has 0 saturated carbocycles. The molecule has 2 aromatic carbocycles. The Hall–Kier alpha value is -0.870. The summed E-state index contributed by atoms with van der Waals surface area (Å²) in [6, 6.07) is 15.8. The van der Waals surface area contributed by atoms with Crippen LogP contribution in [0.4, 0.5) is 5.69 Å². The second-order valence-electron chi connectivity index (χ2n) is 7.55. The highest BCUT2D eigenvalue weighted by Gasteiger charge is 2.33. The lowest BCUT2D eigenvalue weighted by atomic mass is 9.98. The van der Waals surface area contributed by atoms with Gasteiger partial charge in [-0.3, -0.25) is 4.90 Å². The Morgan fingerprint density at radius 3 is 2.41 bits per heavy atom. The van der Waals surface area contributed by atoms with Crippen LogP contribution in [0.1, 0.15) is 30.0 Å². The Labute approximate surface area is 176 Å². The van der Waals surface area contributed by atoms with E-state index >= 15 is 0 Å². The molecule has 0 radical (unpaired) electrons. The molecule has 2 fully saturated rings. The lowest BCUT2D eigenvalue weighted by Gasteiger charge is -2.46. The molecular weight excluding hydrogens is 395 g/mol. The molecule has 2 heterocycles. The van der Waals surface area contributed by atoms with Gasteiger partial charge < -0.3 is 4.90 Å². The zero-order chi connectivity index (χ0) is 18.8. The van der Waals surface area contributed by atoms with E-state index < -0.39 is 0 Å². The summed E-state index contributed by atoms with van der Waals surface area (Å²) in [5.74, 6) is 2.58. The van der Waals surface area contributed by atoms with Crippen LogP contribution in [0.2, 0.25) is 10.0 Å². The van der Waals surface area contributed by atoms with Gasteiger partial charge in [-0.2, -0.15) is 11.8 Å². The van der Waals surface area contributed by atoms with Crippen LogP contribution in [-0.4, -0.2) is 42.1 Å². The van der Waals surface area contributed by atoms with Crippen LogP contribution in [0.25, 0.3) is 0 Å². The van der Waals surface area contributed by atoms with Gasteiger partial charge in [-0.15, -0.1) is 0 Å². The zero-order valence-electron chi connectivity index (χ0n) is 15.7. The predicted octanol–water partition coefficient (Wildman–Crippen LogP) is 6.06. The van der Waals surface area contributed by atoms with E-state index in [0.29, 0.717) is 6.04 Å². The first-order valence-electron chi connectivity index (χ1n) is 9.72. The van der Waals surface area contributed by atoms with E-state index in [2.05, 4.69) is 58.8 Å². The van der Waals surface area contributed by atoms with Gasteiger partial charge in [-0.1, -0.05) is 41.4 Å². The number of piperazine rings is 1. The van der Waals surface area contributed by atoms with Gasteiger partial charge in [0, 0.05) is 30.7 Å². The highest BCUT2D eigenvalue weighted by atomic mass is 35.5. The van der Waals surface area contributed by atoms with Gasteiger partial charge >= 0.3 is 0 Å². The smallest absolute Gasteiger partial charge is 0.0670 e. The van der Waals surface area contributed by atoms with Crippen molar-refractivity contribution in [1.29, 1.82) is 0 Å². The first kappa shape index (κ1) is 19.4. The van der Waals surface area contributed by atoms with Crippen molar-refractivity contribution in [3.8, 4) is 0 Å². The lowest BCUT2D eigenvalue weighted by Crippen LogP contribution is -2.52. The highest BCUT2D eigenvalue weighted by molar-refractivity contribution is 7.99. The summed E-state index contributed by atoms with van der Waals surface area (Å²) in [5, 5.41) is 1.63. The molecule has 2 aliphatic heterocycles. The maximum Gasteiger partial charge on any atom is 0.0670 e. The van der Waals surface area contributed by atoms with E-state index in [1.165, 1.54) is 35.5 Å². The fourth-order valence-corrected chi connectivity index (χ4v) is 5.84.